The molecule has 0 saturated heterocycles. The van der Waals surface area contributed by atoms with Crippen LogP contribution in [-0.2, 0) is 6.54 Å². The lowest BCUT2D eigenvalue weighted by atomic mass is 10.2. The molecular formula is C18H16N2O. The summed E-state index contributed by atoms with van der Waals surface area (Å²) >= 11 is 0. The normalized spacial score (nSPS) is 10.4. The van der Waals surface area contributed by atoms with E-state index in [0.29, 0.717) is 12.2 Å². The first-order valence-electron chi connectivity index (χ1n) is 7.04. The van der Waals surface area contributed by atoms with E-state index in [1.807, 2.05) is 48.5 Å². The van der Waals surface area contributed by atoms with Crippen molar-refractivity contribution in [3.63, 3.8) is 0 Å². The monoisotopic (exact) mass is 276 g/mol. The zero-order valence-corrected chi connectivity index (χ0v) is 11.7. The highest BCUT2D eigenvalue weighted by Crippen LogP contribution is 2.18. The molecule has 2 aromatic carbocycles. The molecule has 3 heteroatoms. The van der Waals surface area contributed by atoms with Crippen molar-refractivity contribution in [1.82, 2.24) is 4.57 Å². The SMILES string of the molecule is N#Cc1ccc2ccn(CCCOc3ccccc3)c2c1. The van der Waals surface area contributed by atoms with E-state index in [2.05, 4.69) is 22.9 Å². The molecule has 0 atom stereocenters. The van der Waals surface area contributed by atoms with Crippen molar-refractivity contribution in [3.05, 3.63) is 66.4 Å². The van der Waals surface area contributed by atoms with Crippen molar-refractivity contribution in [1.29, 1.82) is 5.26 Å². The van der Waals surface area contributed by atoms with Gasteiger partial charge in [-0.1, -0.05) is 24.3 Å². The predicted octanol–water partition coefficient (Wildman–Crippen LogP) is 3.98. The summed E-state index contributed by atoms with van der Waals surface area (Å²) in [6.45, 7) is 1.56. The van der Waals surface area contributed by atoms with Crippen LogP contribution in [0.15, 0.2) is 60.8 Å². The van der Waals surface area contributed by atoms with E-state index >= 15 is 0 Å². The first-order chi connectivity index (χ1) is 10.4. The first-order valence-corrected chi connectivity index (χ1v) is 7.04. The molecular weight excluding hydrogens is 260 g/mol. The molecule has 0 aliphatic carbocycles. The molecule has 0 radical (unpaired) electrons. The van der Waals surface area contributed by atoms with Gasteiger partial charge in [-0.05, 0) is 42.1 Å². The number of benzene rings is 2. The number of hydrogen-bond donors (Lipinski definition) is 0. The van der Waals surface area contributed by atoms with Crippen molar-refractivity contribution in [2.75, 3.05) is 6.61 Å². The molecule has 0 aliphatic rings. The molecule has 3 rings (SSSR count). The Kier molecular flexibility index (Phi) is 3.88. The Hall–Kier alpha value is -2.73. The minimum atomic E-state index is 0.682. The molecule has 3 aromatic rings. The Morgan fingerprint density at radius 1 is 1.05 bits per heavy atom. The van der Waals surface area contributed by atoms with Crippen LogP contribution in [0.5, 0.6) is 5.75 Å². The Bertz CT molecular complexity index is 769. The van der Waals surface area contributed by atoms with Crippen molar-refractivity contribution in [3.8, 4) is 11.8 Å². The van der Waals surface area contributed by atoms with Gasteiger partial charge in [-0.25, -0.2) is 0 Å². The number of fused-ring (bicyclic) bond motifs is 1. The summed E-state index contributed by atoms with van der Waals surface area (Å²) in [5.41, 5.74) is 1.80. The third kappa shape index (κ3) is 3.06. The second-order valence-electron chi connectivity index (χ2n) is 4.91. The average molecular weight is 276 g/mol. The van der Waals surface area contributed by atoms with Crippen LogP contribution in [0.1, 0.15) is 12.0 Å². The molecule has 104 valence electrons. The van der Waals surface area contributed by atoms with Gasteiger partial charge in [-0.3, -0.25) is 0 Å². The van der Waals surface area contributed by atoms with Crippen LogP contribution in [-0.4, -0.2) is 11.2 Å². The number of aromatic nitrogens is 1. The van der Waals surface area contributed by atoms with Crippen LogP contribution in [0.3, 0.4) is 0 Å². The summed E-state index contributed by atoms with van der Waals surface area (Å²) in [6, 6.07) is 19.9. The molecule has 0 fully saturated rings. The van der Waals surface area contributed by atoms with Crippen LogP contribution < -0.4 is 4.74 Å². The molecule has 3 nitrogen and oxygen atoms in total. The van der Waals surface area contributed by atoms with E-state index < -0.39 is 0 Å². The molecule has 0 aliphatic heterocycles. The van der Waals surface area contributed by atoms with Crippen molar-refractivity contribution in [2.24, 2.45) is 0 Å². The minimum absolute atomic E-state index is 0.682. The average Bonchev–Trinajstić information content (AvgIpc) is 2.95. The summed E-state index contributed by atoms with van der Waals surface area (Å²) in [6.07, 6.45) is 2.99. The maximum Gasteiger partial charge on any atom is 0.119 e. The molecule has 0 bridgehead atoms. The molecule has 21 heavy (non-hydrogen) atoms. The largest absolute Gasteiger partial charge is 0.494 e. The van der Waals surface area contributed by atoms with Gasteiger partial charge in [0.25, 0.3) is 0 Å². The lowest BCUT2D eigenvalue weighted by Crippen LogP contribution is -2.03. The fourth-order valence-corrected chi connectivity index (χ4v) is 2.39. The number of aryl methyl sites for hydroxylation is 1. The molecule has 0 amide bonds. The number of nitriles is 1. The van der Waals surface area contributed by atoms with Crippen molar-refractivity contribution in [2.45, 2.75) is 13.0 Å². The molecule has 0 unspecified atom stereocenters. The maximum atomic E-state index is 8.99. The topological polar surface area (TPSA) is 38.0 Å². The van der Waals surface area contributed by atoms with Gasteiger partial charge in [0.15, 0.2) is 0 Å². The zero-order chi connectivity index (χ0) is 14.5. The van der Waals surface area contributed by atoms with Crippen molar-refractivity contribution >= 4 is 10.9 Å². The number of nitrogens with zero attached hydrogens (tertiary/aromatic N) is 2. The van der Waals surface area contributed by atoms with E-state index in [4.69, 9.17) is 10.00 Å². The summed E-state index contributed by atoms with van der Waals surface area (Å²) in [5, 5.41) is 10.2. The number of rotatable bonds is 5. The molecule has 0 spiro atoms. The fourth-order valence-electron chi connectivity index (χ4n) is 2.39. The van der Waals surface area contributed by atoms with Crippen molar-refractivity contribution < 1.29 is 4.74 Å². The van der Waals surface area contributed by atoms with E-state index in [1.54, 1.807) is 0 Å². The van der Waals surface area contributed by atoms with E-state index in [1.165, 1.54) is 0 Å². The first kappa shape index (κ1) is 13.3. The molecule has 0 N–H and O–H groups in total. The quantitative estimate of drug-likeness (QED) is 0.661. The summed E-state index contributed by atoms with van der Waals surface area (Å²) in [4.78, 5) is 0. The van der Waals surface area contributed by atoms with Gasteiger partial charge in [0.1, 0.15) is 5.75 Å². The van der Waals surface area contributed by atoms with E-state index in [0.717, 1.165) is 29.6 Å². The minimum Gasteiger partial charge on any atom is -0.494 e. The smallest absolute Gasteiger partial charge is 0.119 e. The Labute approximate surface area is 124 Å². The Morgan fingerprint density at radius 2 is 1.90 bits per heavy atom. The second kappa shape index (κ2) is 6.15. The second-order valence-corrected chi connectivity index (χ2v) is 4.91. The van der Waals surface area contributed by atoms with Crippen LogP contribution in [0.25, 0.3) is 10.9 Å². The van der Waals surface area contributed by atoms with Gasteiger partial charge in [-0.15, -0.1) is 0 Å². The number of hydrogen-bond acceptors (Lipinski definition) is 2. The summed E-state index contributed by atoms with van der Waals surface area (Å²) < 4.78 is 7.87. The highest BCUT2D eigenvalue weighted by Gasteiger charge is 2.02. The fraction of sp³-hybridized carbons (Fsp3) is 0.167. The lowest BCUT2D eigenvalue weighted by Gasteiger charge is -2.08. The number of ether oxygens (including phenoxy) is 1. The summed E-state index contributed by atoms with van der Waals surface area (Å²) in [7, 11) is 0. The molecule has 1 aromatic heterocycles. The van der Waals surface area contributed by atoms with Gasteiger partial charge in [0, 0.05) is 18.3 Å². The Morgan fingerprint density at radius 3 is 2.71 bits per heavy atom. The Balaban J connectivity index is 1.62. The van der Waals surface area contributed by atoms with Crippen LogP contribution >= 0.6 is 0 Å². The standard InChI is InChI=1S/C18H16N2O/c19-14-15-7-8-16-9-11-20(18(16)13-15)10-4-12-21-17-5-2-1-3-6-17/h1-3,5-9,11,13H,4,10,12H2. The molecule has 1 heterocycles. The van der Waals surface area contributed by atoms with Crippen LogP contribution in [0.2, 0.25) is 0 Å². The highest BCUT2D eigenvalue weighted by atomic mass is 16.5. The zero-order valence-electron chi connectivity index (χ0n) is 11.7. The third-order valence-corrected chi connectivity index (χ3v) is 3.46. The van der Waals surface area contributed by atoms with Gasteiger partial charge in [0.2, 0.25) is 0 Å². The highest BCUT2D eigenvalue weighted by molar-refractivity contribution is 5.81. The maximum absolute atomic E-state index is 8.99. The van der Waals surface area contributed by atoms with Gasteiger partial charge in [-0.2, -0.15) is 5.26 Å². The van der Waals surface area contributed by atoms with Gasteiger partial charge < -0.3 is 9.30 Å². The third-order valence-electron chi connectivity index (χ3n) is 3.46. The van der Waals surface area contributed by atoms with Crippen LogP contribution in [0, 0.1) is 11.3 Å². The van der Waals surface area contributed by atoms with Crippen LogP contribution in [0.4, 0.5) is 0 Å². The number of para-hydroxylation sites is 1. The lowest BCUT2D eigenvalue weighted by molar-refractivity contribution is 0.302. The van der Waals surface area contributed by atoms with E-state index in [9.17, 15) is 0 Å². The predicted molar refractivity (Wildman–Crippen MR) is 83.2 cm³/mol. The van der Waals surface area contributed by atoms with Gasteiger partial charge in [0.05, 0.1) is 18.2 Å². The summed E-state index contributed by atoms with van der Waals surface area (Å²) in [5.74, 6) is 0.904. The molecule has 0 saturated carbocycles. The van der Waals surface area contributed by atoms with E-state index in [-0.39, 0.29) is 0 Å². The van der Waals surface area contributed by atoms with Gasteiger partial charge >= 0.3 is 0 Å².